The molecule has 2 fully saturated rings. The number of fused-ring (bicyclic) bond motifs is 2. The van der Waals surface area contributed by atoms with Gasteiger partial charge in [-0.15, -0.1) is 0 Å². The van der Waals surface area contributed by atoms with Crippen LogP contribution in [-0.4, -0.2) is 322 Å². The molecule has 50 heteroatoms. The molecule has 0 aliphatic carbocycles. The SMILES string of the molecule is CCCC[C@H](NC(=O)[C@H](CN)NC(=O)[C@H](Cc1c[nH]cn1)NC(=O)[C@H](CCC(N)=O)NC(=O)[C@H](CO)NC(=O)CNC(=O)COCCOCCNC(=O)CC[C@H](NC(=O)CNC(=O)CCCCCCCCCCCCCCCCC(=O)O)C(=O)O)C(=O)N[C@H]1CCC(=O)NCCCC[C@@H](C(C)=O)NC(=O)[C@H](Cc2c[nH]c3ccccc23)NC(=O)[C@H](CCCNC(=N)N)NC(=O)[C@@H](Cc2ccccc2)NC(=O)[C@@H]2C[C@@H](O)CN2C1=O. The van der Waals surface area contributed by atoms with E-state index in [4.69, 9.17) is 37.2 Å². The lowest BCUT2D eigenvalue weighted by Crippen LogP contribution is -2.62. The lowest BCUT2D eigenvalue weighted by molar-refractivity contribution is -0.143. The molecule has 0 unspecified atom stereocenters. The molecule has 0 radical (unpaired) electrons. The van der Waals surface area contributed by atoms with Crippen molar-refractivity contribution in [2.75, 3.05) is 78.8 Å². The second-order valence-electron chi connectivity index (χ2n) is 37.0. The number of ether oxygens (including phenoxy) is 2. The van der Waals surface area contributed by atoms with E-state index in [9.17, 15) is 96.8 Å². The number of guanidine groups is 1. The molecule has 50 nitrogen and oxygen atoms in total. The van der Waals surface area contributed by atoms with E-state index in [1.165, 1.54) is 38.7 Å². The number of hydrogen-bond donors (Lipinski definition) is 26. The Bertz CT molecular complexity index is 5010. The molecular formula is C99H152N24O26. The number of aliphatic carboxylic acids is 2. The van der Waals surface area contributed by atoms with Crippen LogP contribution >= 0.6 is 0 Å². The Morgan fingerprint density at radius 3 is 1.74 bits per heavy atom. The number of Topliss-reactive ketones (excluding diaryl/α,β-unsaturated/α-hetero) is 1. The topological polar surface area (TPSA) is 783 Å². The van der Waals surface area contributed by atoms with E-state index in [1.807, 2.05) is 18.2 Å². The van der Waals surface area contributed by atoms with E-state index in [0.717, 1.165) is 80.0 Å². The first-order chi connectivity index (χ1) is 71.4. The summed E-state index contributed by atoms with van der Waals surface area (Å²) in [6, 6.07) is -3.06. The van der Waals surface area contributed by atoms with Crippen molar-refractivity contribution in [2.45, 2.75) is 311 Å². The Labute approximate surface area is 864 Å². The van der Waals surface area contributed by atoms with Crippen molar-refractivity contribution in [1.29, 1.82) is 5.41 Å². The van der Waals surface area contributed by atoms with Gasteiger partial charge in [0.05, 0.1) is 63.7 Å². The quantitative estimate of drug-likeness (QED) is 0.0120. The molecule has 4 heterocycles. The van der Waals surface area contributed by atoms with Crippen LogP contribution in [-0.2, 0) is 125 Å². The number of carboxylic acid groups (broad SMARTS) is 2. The number of carbonyl (C=O) groups is 20. The molecule has 2 aliphatic rings. The van der Waals surface area contributed by atoms with Crippen molar-refractivity contribution in [2.24, 2.45) is 17.2 Å². The predicted octanol–water partition coefficient (Wildman–Crippen LogP) is -2.87. The molecule has 13 atom stereocenters. The number of imidazole rings is 1. The van der Waals surface area contributed by atoms with Gasteiger partial charge in [-0.25, -0.2) is 9.78 Å². The van der Waals surface area contributed by atoms with Gasteiger partial charge in [0, 0.05) is 114 Å². The highest BCUT2D eigenvalue weighted by molar-refractivity contribution is 6.01. The number of unbranched alkanes of at least 4 members (excludes halogenated alkanes) is 14. The zero-order valence-electron chi connectivity index (χ0n) is 84.9. The van der Waals surface area contributed by atoms with E-state index in [2.05, 4.69) is 100 Å². The highest BCUT2D eigenvalue weighted by Gasteiger charge is 2.45. The molecule has 0 saturated carbocycles. The first-order valence-electron chi connectivity index (χ1n) is 51.2. The molecule has 149 heavy (non-hydrogen) atoms. The van der Waals surface area contributed by atoms with Crippen molar-refractivity contribution in [1.82, 2.24) is 105 Å². The van der Waals surface area contributed by atoms with Crippen LogP contribution in [0.3, 0.4) is 0 Å². The number of amides is 17. The number of primary amides is 1. The number of aliphatic hydroxyl groups excluding tert-OH is 2. The Kier molecular flexibility index (Phi) is 57.3. The van der Waals surface area contributed by atoms with Crippen molar-refractivity contribution >= 4 is 135 Å². The minimum atomic E-state index is -1.82. The van der Waals surface area contributed by atoms with Crippen molar-refractivity contribution in [3.63, 3.8) is 0 Å². The molecule has 17 amide bonds. The van der Waals surface area contributed by atoms with Crippen LogP contribution in [0.25, 0.3) is 10.9 Å². The van der Waals surface area contributed by atoms with Crippen molar-refractivity contribution in [3.8, 4) is 0 Å². The molecule has 4 aromatic rings. The van der Waals surface area contributed by atoms with Crippen LogP contribution in [0.2, 0.25) is 0 Å². The predicted molar refractivity (Wildman–Crippen MR) is 541 cm³/mol. The number of benzene rings is 2. The van der Waals surface area contributed by atoms with Gasteiger partial charge in [0.1, 0.15) is 73.1 Å². The minimum absolute atomic E-state index is 0.0108. The van der Waals surface area contributed by atoms with E-state index < -0.39 is 269 Å². The number of nitrogens with zero attached hydrogens (tertiary/aromatic N) is 2. The number of hydrogen-bond acceptors (Lipinski definition) is 27. The largest absolute Gasteiger partial charge is 0.481 e. The summed E-state index contributed by atoms with van der Waals surface area (Å²) < 4.78 is 10.7. The number of para-hydroxylation sites is 1. The zero-order chi connectivity index (χ0) is 109. The maximum atomic E-state index is 15.4. The van der Waals surface area contributed by atoms with Gasteiger partial charge in [0.2, 0.25) is 100 Å². The fourth-order valence-electron chi connectivity index (χ4n) is 16.7. The maximum absolute atomic E-state index is 15.4. The number of nitrogens with two attached hydrogens (primary N) is 3. The molecule has 824 valence electrons. The number of aromatic amines is 2. The molecular weight excluding hydrogens is 1940 g/mol. The molecule has 0 spiro atoms. The van der Waals surface area contributed by atoms with Gasteiger partial charge in [-0.2, -0.15) is 0 Å². The highest BCUT2D eigenvalue weighted by atomic mass is 16.5. The molecule has 2 aromatic heterocycles. The third-order valence-corrected chi connectivity index (χ3v) is 25.0. The van der Waals surface area contributed by atoms with Crippen LogP contribution in [0.1, 0.15) is 230 Å². The molecule has 29 N–H and O–H groups in total. The maximum Gasteiger partial charge on any atom is 0.326 e. The fraction of sp³-hybridized carbons (Fsp3) is 0.616. The zero-order valence-corrected chi connectivity index (χ0v) is 84.9. The smallest absolute Gasteiger partial charge is 0.326 e. The molecule has 2 aromatic carbocycles. The lowest BCUT2D eigenvalue weighted by atomic mass is 10.0. The van der Waals surface area contributed by atoms with E-state index in [-0.39, 0.29) is 140 Å². The first kappa shape index (κ1) is 124. The number of ketones is 1. The van der Waals surface area contributed by atoms with Crippen LogP contribution < -0.4 is 102 Å². The van der Waals surface area contributed by atoms with Crippen LogP contribution in [0.5, 0.6) is 0 Å². The first-order valence-corrected chi connectivity index (χ1v) is 51.2. The monoisotopic (exact) mass is 2090 g/mol. The van der Waals surface area contributed by atoms with E-state index >= 15 is 14.4 Å². The van der Waals surface area contributed by atoms with Crippen molar-refractivity contribution < 1.29 is 126 Å². The Hall–Kier alpha value is -14.1. The summed E-state index contributed by atoms with van der Waals surface area (Å²) in [6.07, 6.45) is 15.0. The Balaban J connectivity index is 1.02. The molecule has 2 aliphatic heterocycles. The van der Waals surface area contributed by atoms with Gasteiger partial charge in [0.15, 0.2) is 11.7 Å². The number of nitrogens with one attached hydrogen (secondary N) is 19. The number of aliphatic hydroxyl groups is 2. The Morgan fingerprint density at radius 2 is 1.11 bits per heavy atom. The highest BCUT2D eigenvalue weighted by Crippen LogP contribution is 2.25. The summed E-state index contributed by atoms with van der Waals surface area (Å²) in [5, 5.41) is 89.4. The number of rotatable bonds is 64. The molecule has 6 rings (SSSR count). The lowest BCUT2D eigenvalue weighted by Gasteiger charge is -2.31. The standard InChI is InChI=1S/C99H152N24O26/c1-3-4-30-69(88(136)118-72-37-40-82(129)105-42-25-24-31-67(61(2)125)114-92(140)75(49-63-53-108-68-32-23-22-29-66(63)68)119-89(137)70(33-26-43-107-99(102)103)115-91(139)74(48-62-27-18-17-19-28-62)121-96(144)79-51-65(126)57-123(79)97(72)145)116-94(142)77(52-100)122-93(141)76(50-64-54-104-60-111-64)120-90(138)71(36-39-80(101)127)117-95(143)78(58-124)113-85(132)56-110-86(133)59-149-47-46-148-45-44-106-83(130)41-38-73(98(146)147)112-84(131)55-109-81(128)34-20-15-13-11-9-7-5-6-8-10-12-14-16-21-35-87(134)135/h17-19,22-23,27-29,32,53-54,60,65,67,69-79,108,124,126H,3-16,20-21,24-26,30-31,33-52,55-59,100H2,1-2H3,(H2,101,127)(H,104,111)(H,105,129)(H,106,130)(H,109,128)(H,110,133)(H,112,131)(H,113,132)(H,114,140)(H,115,139)(H,116,142)(H,117,143)(H,118,136)(H,119,137)(H,120,138)(H,121,144)(H,122,141)(H,134,135)(H,146,147)(H4,102,103,107)/t65-,67+,69+,70+,71+,72+,73+,74-,75+,76+,77+,78+,79+/m1/s1. The minimum Gasteiger partial charge on any atom is -0.481 e. The van der Waals surface area contributed by atoms with Crippen LogP contribution in [0, 0.1) is 5.41 Å². The second kappa shape index (κ2) is 69.1. The Morgan fingerprint density at radius 1 is 0.544 bits per heavy atom. The average molecular weight is 2090 g/mol. The summed E-state index contributed by atoms with van der Waals surface area (Å²) in [5.74, 6) is -18.0. The van der Waals surface area contributed by atoms with Gasteiger partial charge >= 0.3 is 11.9 Å². The second-order valence-corrected chi connectivity index (χ2v) is 37.0. The summed E-state index contributed by atoms with van der Waals surface area (Å²) in [7, 11) is 0. The van der Waals surface area contributed by atoms with E-state index in [0.29, 0.717) is 24.0 Å². The third-order valence-electron chi connectivity index (χ3n) is 25.0. The van der Waals surface area contributed by atoms with Crippen molar-refractivity contribution in [3.05, 3.63) is 90.1 Å². The van der Waals surface area contributed by atoms with Gasteiger partial charge < -0.3 is 147 Å². The number of aromatic nitrogens is 3. The number of carboxylic acids is 2. The molecule has 2 saturated heterocycles. The summed E-state index contributed by atoms with van der Waals surface area (Å²) in [4.78, 5) is 284. The summed E-state index contributed by atoms with van der Waals surface area (Å²) >= 11 is 0. The summed E-state index contributed by atoms with van der Waals surface area (Å²) in [6.45, 7) is -1.25. The summed E-state index contributed by atoms with van der Waals surface area (Å²) in [5.41, 5.74) is 19.3. The number of H-pyrrole nitrogens is 2. The van der Waals surface area contributed by atoms with Gasteiger partial charge in [-0.1, -0.05) is 145 Å². The van der Waals surface area contributed by atoms with Gasteiger partial charge in [-0.05, 0) is 94.7 Å². The third kappa shape index (κ3) is 48.6. The normalized spacial score (nSPS) is 18.2. The fourth-order valence-corrected chi connectivity index (χ4v) is 16.7. The van der Waals surface area contributed by atoms with Gasteiger partial charge in [0.25, 0.3) is 0 Å². The van der Waals surface area contributed by atoms with E-state index in [1.54, 1.807) is 49.5 Å². The average Bonchev–Trinajstić information content (AvgIpc) is 1.68. The van der Waals surface area contributed by atoms with Crippen LogP contribution in [0.15, 0.2) is 73.3 Å². The number of carbonyl (C=O) groups excluding carboxylic acids is 18. The molecule has 0 bridgehead atoms. The van der Waals surface area contributed by atoms with Gasteiger partial charge in [-0.3, -0.25) is 96.5 Å². The van der Waals surface area contributed by atoms with Crippen LogP contribution in [0.4, 0.5) is 0 Å².